The summed E-state index contributed by atoms with van der Waals surface area (Å²) in [5, 5.41) is 5.72. The van der Waals surface area contributed by atoms with Crippen molar-refractivity contribution >= 4 is 17.3 Å². The Labute approximate surface area is 123 Å². The number of aromatic nitrogens is 1. The van der Waals surface area contributed by atoms with Crippen molar-refractivity contribution in [3.63, 3.8) is 0 Å². The molecule has 21 heavy (non-hydrogen) atoms. The number of carbonyl (C=O) groups is 1. The van der Waals surface area contributed by atoms with Crippen molar-refractivity contribution in [2.45, 2.75) is 20.3 Å². The van der Waals surface area contributed by atoms with Crippen LogP contribution in [-0.2, 0) is 0 Å². The van der Waals surface area contributed by atoms with Crippen molar-refractivity contribution < 1.29 is 9.18 Å². The molecule has 110 valence electrons. The van der Waals surface area contributed by atoms with Gasteiger partial charge in [-0.1, -0.05) is 13.0 Å². The number of halogens is 1. The molecule has 0 radical (unpaired) electrons. The molecule has 0 bridgehead atoms. The number of rotatable bonds is 5. The van der Waals surface area contributed by atoms with Crippen LogP contribution in [0.15, 0.2) is 36.7 Å². The molecular formula is C16H18FN3O. The fourth-order valence-electron chi connectivity index (χ4n) is 1.93. The summed E-state index contributed by atoms with van der Waals surface area (Å²) in [6, 6.07) is 6.26. The zero-order chi connectivity index (χ0) is 15.2. The third-order valence-corrected chi connectivity index (χ3v) is 3.10. The highest BCUT2D eigenvalue weighted by Gasteiger charge is 2.15. The van der Waals surface area contributed by atoms with Crippen LogP contribution in [0, 0.1) is 12.7 Å². The summed E-state index contributed by atoms with van der Waals surface area (Å²) in [4.78, 5) is 16.3. The van der Waals surface area contributed by atoms with E-state index in [1.807, 2.05) is 13.8 Å². The van der Waals surface area contributed by atoms with Gasteiger partial charge in [0.05, 0.1) is 23.1 Å². The highest BCUT2D eigenvalue weighted by molar-refractivity contribution is 6.08. The summed E-state index contributed by atoms with van der Waals surface area (Å²) >= 11 is 0. The minimum absolute atomic E-state index is 0.235. The van der Waals surface area contributed by atoms with Crippen molar-refractivity contribution in [3.8, 4) is 0 Å². The number of hydrogen-bond acceptors (Lipinski definition) is 3. The Morgan fingerprint density at radius 1 is 1.33 bits per heavy atom. The van der Waals surface area contributed by atoms with Gasteiger partial charge in [-0.25, -0.2) is 4.39 Å². The minimum atomic E-state index is -0.431. The summed E-state index contributed by atoms with van der Waals surface area (Å²) in [5.74, 6) is -0.789. The van der Waals surface area contributed by atoms with Crippen molar-refractivity contribution in [1.29, 1.82) is 0 Å². The lowest BCUT2D eigenvalue weighted by atomic mass is 10.1. The molecule has 0 aliphatic carbocycles. The van der Waals surface area contributed by atoms with Gasteiger partial charge in [-0.15, -0.1) is 0 Å². The van der Waals surface area contributed by atoms with E-state index in [-0.39, 0.29) is 17.2 Å². The van der Waals surface area contributed by atoms with Crippen LogP contribution >= 0.6 is 0 Å². The number of pyridine rings is 1. The SMILES string of the molecule is CCCNc1c(F)cccc1C(=O)Nc1cnccc1C. The summed E-state index contributed by atoms with van der Waals surface area (Å²) in [6.45, 7) is 4.46. The summed E-state index contributed by atoms with van der Waals surface area (Å²) in [5.41, 5.74) is 2.04. The molecule has 0 unspecified atom stereocenters. The lowest BCUT2D eigenvalue weighted by Gasteiger charge is -2.13. The van der Waals surface area contributed by atoms with Crippen LogP contribution in [0.2, 0.25) is 0 Å². The van der Waals surface area contributed by atoms with Gasteiger partial charge in [0.2, 0.25) is 0 Å². The number of nitrogens with one attached hydrogen (secondary N) is 2. The molecule has 1 aromatic heterocycles. The molecule has 0 spiro atoms. The molecule has 0 atom stereocenters. The average molecular weight is 287 g/mol. The van der Waals surface area contributed by atoms with E-state index in [2.05, 4.69) is 15.6 Å². The highest BCUT2D eigenvalue weighted by Crippen LogP contribution is 2.22. The maximum atomic E-state index is 13.9. The summed E-state index contributed by atoms with van der Waals surface area (Å²) in [6.07, 6.45) is 4.07. The normalized spacial score (nSPS) is 10.2. The van der Waals surface area contributed by atoms with Gasteiger partial charge in [0, 0.05) is 12.7 Å². The number of anilines is 2. The fourth-order valence-corrected chi connectivity index (χ4v) is 1.93. The van der Waals surface area contributed by atoms with E-state index in [0.29, 0.717) is 12.2 Å². The molecule has 1 amide bonds. The first-order valence-corrected chi connectivity index (χ1v) is 6.87. The summed E-state index contributed by atoms with van der Waals surface area (Å²) < 4.78 is 13.9. The first-order chi connectivity index (χ1) is 10.1. The van der Waals surface area contributed by atoms with Crippen LogP contribution in [0.1, 0.15) is 29.3 Å². The van der Waals surface area contributed by atoms with E-state index in [0.717, 1.165) is 12.0 Å². The molecule has 0 aliphatic rings. The second-order valence-corrected chi connectivity index (χ2v) is 4.73. The van der Waals surface area contributed by atoms with Gasteiger partial charge in [-0.05, 0) is 37.1 Å². The van der Waals surface area contributed by atoms with E-state index < -0.39 is 5.82 Å². The van der Waals surface area contributed by atoms with Gasteiger partial charge in [0.25, 0.3) is 5.91 Å². The van der Waals surface area contributed by atoms with Crippen molar-refractivity contribution in [2.75, 3.05) is 17.2 Å². The molecule has 5 heteroatoms. The van der Waals surface area contributed by atoms with Crippen molar-refractivity contribution in [1.82, 2.24) is 4.98 Å². The number of amides is 1. The van der Waals surface area contributed by atoms with Gasteiger partial charge in [-0.3, -0.25) is 9.78 Å². The standard InChI is InChI=1S/C16H18FN3O/c1-3-8-19-15-12(5-4-6-13(15)17)16(21)20-14-10-18-9-7-11(14)2/h4-7,9-10,19H,3,8H2,1-2H3,(H,20,21). The Hall–Kier alpha value is -2.43. The van der Waals surface area contributed by atoms with E-state index in [9.17, 15) is 9.18 Å². The predicted molar refractivity (Wildman–Crippen MR) is 82.1 cm³/mol. The lowest BCUT2D eigenvalue weighted by Crippen LogP contribution is -2.16. The highest BCUT2D eigenvalue weighted by atomic mass is 19.1. The number of benzene rings is 1. The second-order valence-electron chi connectivity index (χ2n) is 4.73. The summed E-state index contributed by atoms with van der Waals surface area (Å²) in [7, 11) is 0. The van der Waals surface area contributed by atoms with Crippen LogP contribution in [-0.4, -0.2) is 17.4 Å². The topological polar surface area (TPSA) is 54.0 Å². The number of para-hydroxylation sites is 1. The van der Waals surface area contributed by atoms with Crippen LogP contribution in [0.5, 0.6) is 0 Å². The molecule has 0 fully saturated rings. The van der Waals surface area contributed by atoms with Gasteiger partial charge in [-0.2, -0.15) is 0 Å². The van der Waals surface area contributed by atoms with E-state index in [1.165, 1.54) is 12.1 Å². The number of hydrogen-bond donors (Lipinski definition) is 2. The smallest absolute Gasteiger partial charge is 0.257 e. The quantitative estimate of drug-likeness (QED) is 0.883. The van der Waals surface area contributed by atoms with Gasteiger partial charge in [0.1, 0.15) is 5.82 Å². The Balaban J connectivity index is 2.27. The number of aryl methyl sites for hydroxylation is 1. The number of carbonyl (C=O) groups excluding carboxylic acids is 1. The van der Waals surface area contributed by atoms with Crippen LogP contribution < -0.4 is 10.6 Å². The Morgan fingerprint density at radius 3 is 2.86 bits per heavy atom. The van der Waals surface area contributed by atoms with Crippen LogP contribution in [0.3, 0.4) is 0 Å². The zero-order valence-corrected chi connectivity index (χ0v) is 12.1. The number of nitrogens with zero attached hydrogens (tertiary/aromatic N) is 1. The second kappa shape index (κ2) is 6.83. The Bertz CT molecular complexity index is 643. The molecule has 1 aromatic carbocycles. The van der Waals surface area contributed by atoms with E-state index in [4.69, 9.17) is 0 Å². The Kier molecular flexibility index (Phi) is 4.87. The molecule has 2 aromatic rings. The fraction of sp³-hybridized carbons (Fsp3) is 0.250. The van der Waals surface area contributed by atoms with Gasteiger partial charge >= 0.3 is 0 Å². The third kappa shape index (κ3) is 3.56. The monoisotopic (exact) mass is 287 g/mol. The predicted octanol–water partition coefficient (Wildman–Crippen LogP) is 3.60. The molecule has 4 nitrogen and oxygen atoms in total. The molecule has 0 aliphatic heterocycles. The molecule has 1 heterocycles. The van der Waals surface area contributed by atoms with E-state index in [1.54, 1.807) is 24.5 Å². The molecule has 2 rings (SSSR count). The molecule has 0 saturated carbocycles. The van der Waals surface area contributed by atoms with Crippen LogP contribution in [0.4, 0.5) is 15.8 Å². The minimum Gasteiger partial charge on any atom is -0.382 e. The average Bonchev–Trinajstić information content (AvgIpc) is 2.48. The first-order valence-electron chi connectivity index (χ1n) is 6.87. The maximum absolute atomic E-state index is 13.9. The van der Waals surface area contributed by atoms with Crippen molar-refractivity contribution in [2.24, 2.45) is 0 Å². The van der Waals surface area contributed by atoms with Crippen LogP contribution in [0.25, 0.3) is 0 Å². The molecule has 0 saturated heterocycles. The van der Waals surface area contributed by atoms with E-state index >= 15 is 0 Å². The zero-order valence-electron chi connectivity index (χ0n) is 12.1. The first kappa shape index (κ1) is 15.0. The third-order valence-electron chi connectivity index (χ3n) is 3.10. The maximum Gasteiger partial charge on any atom is 0.257 e. The van der Waals surface area contributed by atoms with Gasteiger partial charge in [0.15, 0.2) is 0 Å². The molecular weight excluding hydrogens is 269 g/mol. The Morgan fingerprint density at radius 2 is 2.14 bits per heavy atom. The largest absolute Gasteiger partial charge is 0.382 e. The molecule has 2 N–H and O–H groups in total. The van der Waals surface area contributed by atoms with Gasteiger partial charge < -0.3 is 10.6 Å². The van der Waals surface area contributed by atoms with Crippen molar-refractivity contribution in [3.05, 3.63) is 53.6 Å². The lowest BCUT2D eigenvalue weighted by molar-refractivity contribution is 0.102.